The molecular weight excluding hydrogens is 278 g/mol. The average molecular weight is 303 g/mol. The second-order valence-corrected chi connectivity index (χ2v) is 6.35. The highest BCUT2D eigenvalue weighted by Gasteiger charge is 2.13. The number of thioether (sulfide) groups is 1. The molecule has 2 rings (SSSR count). The monoisotopic (exact) mass is 303 g/mol. The Hall–Kier alpha value is -1.26. The summed E-state index contributed by atoms with van der Waals surface area (Å²) in [5, 5.41) is 8.03. The van der Waals surface area contributed by atoms with Gasteiger partial charge in [0.25, 0.3) is 0 Å². The quantitative estimate of drug-likeness (QED) is 0.746. The standard InChI is InChI=1S/C17H25N3S/c1-4-10-18-17(15-11-19-20(5-2)12-15)13-21-16-8-6-14(3)7-9-16/h6-9,11-12,17-18H,4-5,10,13H2,1-3H3. The summed E-state index contributed by atoms with van der Waals surface area (Å²) < 4.78 is 1.99. The first-order chi connectivity index (χ1) is 10.2. The van der Waals surface area contributed by atoms with Gasteiger partial charge in [0.05, 0.1) is 6.20 Å². The highest BCUT2D eigenvalue weighted by Crippen LogP contribution is 2.25. The molecule has 0 aliphatic heterocycles. The number of nitrogens with one attached hydrogen (secondary N) is 1. The van der Waals surface area contributed by atoms with Crippen LogP contribution in [0.25, 0.3) is 0 Å². The molecule has 1 N–H and O–H groups in total. The van der Waals surface area contributed by atoms with Crippen molar-refractivity contribution in [2.75, 3.05) is 12.3 Å². The summed E-state index contributed by atoms with van der Waals surface area (Å²) in [5.74, 6) is 1.03. The number of rotatable bonds is 8. The van der Waals surface area contributed by atoms with Crippen molar-refractivity contribution in [3.8, 4) is 0 Å². The molecule has 1 heterocycles. The molecule has 0 radical (unpaired) electrons. The summed E-state index contributed by atoms with van der Waals surface area (Å²) in [6, 6.07) is 9.10. The highest BCUT2D eigenvalue weighted by molar-refractivity contribution is 7.99. The van der Waals surface area contributed by atoms with Gasteiger partial charge < -0.3 is 5.32 Å². The summed E-state index contributed by atoms with van der Waals surface area (Å²) in [6.45, 7) is 8.40. The van der Waals surface area contributed by atoms with Gasteiger partial charge in [-0.05, 0) is 38.9 Å². The maximum Gasteiger partial charge on any atom is 0.0537 e. The van der Waals surface area contributed by atoms with Gasteiger partial charge in [0.15, 0.2) is 0 Å². The largest absolute Gasteiger partial charge is 0.309 e. The van der Waals surface area contributed by atoms with Crippen LogP contribution in [0.5, 0.6) is 0 Å². The molecule has 2 aromatic rings. The first kappa shape index (κ1) is 16.1. The van der Waals surface area contributed by atoms with Crippen molar-refractivity contribution >= 4 is 11.8 Å². The van der Waals surface area contributed by atoms with E-state index in [0.717, 1.165) is 25.3 Å². The Morgan fingerprint density at radius 2 is 2.00 bits per heavy atom. The molecule has 0 saturated carbocycles. The Labute approximate surface area is 132 Å². The summed E-state index contributed by atoms with van der Waals surface area (Å²) in [6.07, 6.45) is 5.29. The van der Waals surface area contributed by atoms with Crippen LogP contribution in [0.1, 0.15) is 37.4 Å². The fourth-order valence-electron chi connectivity index (χ4n) is 2.14. The van der Waals surface area contributed by atoms with Crippen LogP contribution in [-0.4, -0.2) is 22.1 Å². The normalized spacial score (nSPS) is 12.5. The maximum atomic E-state index is 4.40. The highest BCUT2D eigenvalue weighted by atomic mass is 32.2. The Bertz CT molecular complexity index is 533. The van der Waals surface area contributed by atoms with Crippen LogP contribution >= 0.6 is 11.8 Å². The Morgan fingerprint density at radius 1 is 1.24 bits per heavy atom. The molecule has 1 aromatic carbocycles. The molecule has 3 nitrogen and oxygen atoms in total. The summed E-state index contributed by atoms with van der Waals surface area (Å²) in [4.78, 5) is 1.33. The van der Waals surface area contributed by atoms with E-state index in [4.69, 9.17) is 0 Å². The molecule has 1 atom stereocenters. The number of nitrogens with zero attached hydrogens (tertiary/aromatic N) is 2. The lowest BCUT2D eigenvalue weighted by molar-refractivity contribution is 0.575. The van der Waals surface area contributed by atoms with Crippen LogP contribution in [0.4, 0.5) is 0 Å². The molecule has 4 heteroatoms. The van der Waals surface area contributed by atoms with Crippen LogP contribution in [0, 0.1) is 6.92 Å². The third-order valence-electron chi connectivity index (χ3n) is 3.46. The van der Waals surface area contributed by atoms with Gasteiger partial charge in [-0.1, -0.05) is 24.6 Å². The van der Waals surface area contributed by atoms with E-state index in [1.807, 2.05) is 22.6 Å². The molecule has 1 unspecified atom stereocenters. The lowest BCUT2D eigenvalue weighted by Gasteiger charge is -2.16. The van der Waals surface area contributed by atoms with Crippen molar-refractivity contribution in [1.29, 1.82) is 0 Å². The van der Waals surface area contributed by atoms with Gasteiger partial charge in [-0.3, -0.25) is 4.68 Å². The fraction of sp³-hybridized carbons (Fsp3) is 0.471. The molecule has 0 amide bonds. The number of aromatic nitrogens is 2. The molecule has 114 valence electrons. The molecule has 0 saturated heterocycles. The molecule has 0 aliphatic carbocycles. The van der Waals surface area contributed by atoms with E-state index in [1.54, 1.807) is 0 Å². The predicted octanol–water partition coefficient (Wildman–Crippen LogP) is 4.04. The minimum Gasteiger partial charge on any atom is -0.309 e. The summed E-state index contributed by atoms with van der Waals surface area (Å²) in [7, 11) is 0. The fourth-order valence-corrected chi connectivity index (χ4v) is 3.14. The molecule has 1 aromatic heterocycles. The van der Waals surface area contributed by atoms with Crippen molar-refractivity contribution in [1.82, 2.24) is 15.1 Å². The van der Waals surface area contributed by atoms with Gasteiger partial charge in [0.2, 0.25) is 0 Å². The molecule has 0 spiro atoms. The van der Waals surface area contributed by atoms with E-state index in [1.165, 1.54) is 16.0 Å². The predicted molar refractivity (Wildman–Crippen MR) is 90.8 cm³/mol. The lowest BCUT2D eigenvalue weighted by Crippen LogP contribution is -2.23. The van der Waals surface area contributed by atoms with Crippen molar-refractivity contribution < 1.29 is 0 Å². The van der Waals surface area contributed by atoms with Gasteiger partial charge in [-0.2, -0.15) is 5.10 Å². The minimum atomic E-state index is 0.358. The maximum absolute atomic E-state index is 4.40. The molecule has 0 bridgehead atoms. The van der Waals surface area contributed by atoms with Crippen LogP contribution in [0.15, 0.2) is 41.6 Å². The SMILES string of the molecule is CCCNC(CSc1ccc(C)cc1)c1cnn(CC)c1. The van der Waals surface area contributed by atoms with E-state index in [9.17, 15) is 0 Å². The van der Waals surface area contributed by atoms with Crippen molar-refractivity contribution in [3.05, 3.63) is 47.8 Å². The van der Waals surface area contributed by atoms with Gasteiger partial charge in [0.1, 0.15) is 0 Å². The second-order valence-electron chi connectivity index (χ2n) is 5.26. The number of aryl methyl sites for hydroxylation is 2. The van der Waals surface area contributed by atoms with E-state index < -0.39 is 0 Å². The van der Waals surface area contributed by atoms with Gasteiger partial charge in [-0.15, -0.1) is 11.8 Å². The number of benzene rings is 1. The minimum absolute atomic E-state index is 0.358. The van der Waals surface area contributed by atoms with E-state index in [0.29, 0.717) is 6.04 Å². The number of hydrogen-bond donors (Lipinski definition) is 1. The van der Waals surface area contributed by atoms with Crippen LogP contribution < -0.4 is 5.32 Å². The zero-order valence-corrected chi connectivity index (χ0v) is 14.0. The number of hydrogen-bond acceptors (Lipinski definition) is 3. The molecule has 21 heavy (non-hydrogen) atoms. The van der Waals surface area contributed by atoms with Crippen molar-refractivity contribution in [2.24, 2.45) is 0 Å². The Balaban J connectivity index is 2.00. The summed E-state index contributed by atoms with van der Waals surface area (Å²) in [5.41, 5.74) is 2.59. The van der Waals surface area contributed by atoms with E-state index in [-0.39, 0.29) is 0 Å². The lowest BCUT2D eigenvalue weighted by atomic mass is 10.2. The van der Waals surface area contributed by atoms with Crippen LogP contribution in [0.3, 0.4) is 0 Å². The van der Waals surface area contributed by atoms with Crippen LogP contribution in [-0.2, 0) is 6.54 Å². The second kappa shape index (κ2) is 8.25. The zero-order chi connectivity index (χ0) is 15.1. The van der Waals surface area contributed by atoms with E-state index in [2.05, 4.69) is 61.6 Å². The van der Waals surface area contributed by atoms with Crippen LogP contribution in [0.2, 0.25) is 0 Å². The zero-order valence-electron chi connectivity index (χ0n) is 13.2. The average Bonchev–Trinajstić information content (AvgIpc) is 2.98. The molecule has 0 fully saturated rings. The third kappa shape index (κ3) is 4.90. The molecular formula is C17H25N3S. The van der Waals surface area contributed by atoms with Crippen molar-refractivity contribution in [3.63, 3.8) is 0 Å². The van der Waals surface area contributed by atoms with Gasteiger partial charge in [0, 0.05) is 35.0 Å². The van der Waals surface area contributed by atoms with Gasteiger partial charge >= 0.3 is 0 Å². The third-order valence-corrected chi connectivity index (χ3v) is 4.56. The van der Waals surface area contributed by atoms with Gasteiger partial charge in [-0.25, -0.2) is 0 Å². The Kier molecular flexibility index (Phi) is 6.33. The summed E-state index contributed by atoms with van der Waals surface area (Å²) >= 11 is 1.90. The molecule has 0 aliphatic rings. The topological polar surface area (TPSA) is 29.9 Å². The smallest absolute Gasteiger partial charge is 0.0537 e. The Morgan fingerprint density at radius 3 is 2.62 bits per heavy atom. The van der Waals surface area contributed by atoms with E-state index >= 15 is 0 Å². The first-order valence-electron chi connectivity index (χ1n) is 7.68. The van der Waals surface area contributed by atoms with Crippen molar-refractivity contribution in [2.45, 2.75) is 44.7 Å². The first-order valence-corrected chi connectivity index (χ1v) is 8.66.